The molecule has 1 heterocycles. The molecule has 0 aliphatic rings. The van der Waals surface area contributed by atoms with Gasteiger partial charge < -0.3 is 9.63 Å². The van der Waals surface area contributed by atoms with Crippen LogP contribution >= 0.6 is 0 Å². The summed E-state index contributed by atoms with van der Waals surface area (Å²) in [6.45, 7) is 0. The summed E-state index contributed by atoms with van der Waals surface area (Å²) in [6, 6.07) is 6.77. The minimum atomic E-state index is 0.132. The number of aromatic hydroxyl groups is 1. The second-order valence-corrected chi connectivity index (χ2v) is 2.23. The number of para-hydroxylation sites is 1. The van der Waals surface area contributed by atoms with Crippen LogP contribution in [0, 0.1) is 6.39 Å². The first kappa shape index (κ1) is 6.84. The topological polar surface area (TPSA) is 59.2 Å². The normalized spacial score (nSPS) is 10.0. The Bertz CT molecular complexity index is 370. The quantitative estimate of drug-likeness (QED) is 0.683. The molecule has 0 atom stereocenters. The maximum atomic E-state index is 9.35. The van der Waals surface area contributed by atoms with Gasteiger partial charge in [0.25, 0.3) is 0 Å². The van der Waals surface area contributed by atoms with Crippen molar-refractivity contribution in [3.05, 3.63) is 30.7 Å². The summed E-state index contributed by atoms with van der Waals surface area (Å²) < 4.78 is 4.43. The van der Waals surface area contributed by atoms with Crippen LogP contribution in [0.1, 0.15) is 0 Å². The number of hydrogen-bond acceptors (Lipinski definition) is 4. The second kappa shape index (κ2) is 2.65. The van der Waals surface area contributed by atoms with Crippen LogP contribution in [0.5, 0.6) is 5.75 Å². The van der Waals surface area contributed by atoms with Crippen LogP contribution in [0.4, 0.5) is 0 Å². The molecule has 0 amide bonds. The summed E-state index contributed by atoms with van der Waals surface area (Å²) in [5.41, 5.74) is 0.544. The van der Waals surface area contributed by atoms with E-state index in [1.807, 2.05) is 0 Å². The highest BCUT2D eigenvalue weighted by Gasteiger charge is 2.06. The standard InChI is InChI=1S/C8H5N2O2/c11-7-4-2-1-3-6(7)8-9-5-12-10-8/h1-4,11H. The predicted octanol–water partition coefficient (Wildman–Crippen LogP) is 1.24. The maximum Gasteiger partial charge on any atom is 0.316 e. The van der Waals surface area contributed by atoms with Crippen molar-refractivity contribution < 1.29 is 9.63 Å². The number of aromatic nitrogens is 2. The van der Waals surface area contributed by atoms with Crippen molar-refractivity contribution in [2.75, 3.05) is 0 Å². The Kier molecular flexibility index (Phi) is 1.51. The van der Waals surface area contributed by atoms with Gasteiger partial charge in [-0.1, -0.05) is 17.3 Å². The Morgan fingerprint density at radius 2 is 2.17 bits per heavy atom. The van der Waals surface area contributed by atoms with Gasteiger partial charge in [0, 0.05) is 0 Å². The van der Waals surface area contributed by atoms with Crippen LogP contribution < -0.4 is 0 Å². The fourth-order valence-electron chi connectivity index (χ4n) is 0.920. The van der Waals surface area contributed by atoms with Crippen LogP contribution in [0.15, 0.2) is 28.8 Å². The SMILES string of the molecule is Oc1ccccc1-c1n[c]on1. The van der Waals surface area contributed by atoms with Crippen molar-refractivity contribution in [1.29, 1.82) is 0 Å². The number of rotatable bonds is 1. The average molecular weight is 161 g/mol. The molecular formula is C8H5N2O2. The Balaban J connectivity index is 2.55. The van der Waals surface area contributed by atoms with E-state index in [2.05, 4.69) is 21.1 Å². The van der Waals surface area contributed by atoms with Crippen molar-refractivity contribution in [3.63, 3.8) is 0 Å². The van der Waals surface area contributed by atoms with Gasteiger partial charge in [0.2, 0.25) is 5.82 Å². The zero-order valence-corrected chi connectivity index (χ0v) is 6.06. The number of hydrogen-bond donors (Lipinski definition) is 1. The molecule has 59 valence electrons. The zero-order valence-electron chi connectivity index (χ0n) is 6.06. The first-order valence-corrected chi connectivity index (χ1v) is 3.36. The molecule has 1 radical (unpaired) electrons. The van der Waals surface area contributed by atoms with Crippen molar-refractivity contribution in [2.45, 2.75) is 0 Å². The van der Waals surface area contributed by atoms with Gasteiger partial charge in [-0.3, -0.25) is 0 Å². The third-order valence-electron chi connectivity index (χ3n) is 1.47. The van der Waals surface area contributed by atoms with Crippen LogP contribution in [0.25, 0.3) is 11.4 Å². The molecule has 12 heavy (non-hydrogen) atoms. The Morgan fingerprint density at radius 3 is 2.83 bits per heavy atom. The largest absolute Gasteiger partial charge is 0.507 e. The Morgan fingerprint density at radius 1 is 1.33 bits per heavy atom. The smallest absolute Gasteiger partial charge is 0.316 e. The molecule has 0 spiro atoms. The van der Waals surface area contributed by atoms with E-state index in [1.54, 1.807) is 24.3 Å². The second-order valence-electron chi connectivity index (χ2n) is 2.23. The zero-order chi connectivity index (χ0) is 8.39. The van der Waals surface area contributed by atoms with E-state index >= 15 is 0 Å². The fraction of sp³-hybridized carbons (Fsp3) is 0. The summed E-state index contributed by atoms with van der Waals surface area (Å²) in [5, 5.41) is 12.9. The van der Waals surface area contributed by atoms with E-state index < -0.39 is 0 Å². The highest BCUT2D eigenvalue weighted by molar-refractivity contribution is 5.62. The first-order chi connectivity index (χ1) is 5.88. The summed E-state index contributed by atoms with van der Waals surface area (Å²) >= 11 is 0. The predicted molar refractivity (Wildman–Crippen MR) is 40.2 cm³/mol. The number of phenols is 1. The highest BCUT2D eigenvalue weighted by atomic mass is 16.5. The molecule has 1 N–H and O–H groups in total. The van der Waals surface area contributed by atoms with Crippen molar-refractivity contribution >= 4 is 0 Å². The number of phenolic OH excluding ortho intramolecular Hbond substituents is 1. The van der Waals surface area contributed by atoms with Gasteiger partial charge in [-0.15, -0.1) is 0 Å². The lowest BCUT2D eigenvalue weighted by Crippen LogP contribution is -1.79. The molecule has 0 saturated heterocycles. The van der Waals surface area contributed by atoms with Gasteiger partial charge in [0.05, 0.1) is 5.56 Å². The van der Waals surface area contributed by atoms with E-state index in [0.717, 1.165) is 0 Å². The summed E-state index contributed by atoms with van der Waals surface area (Å²) in [5.74, 6) is 0.473. The summed E-state index contributed by atoms with van der Waals surface area (Å²) in [4.78, 5) is 3.68. The Hall–Kier alpha value is -1.84. The van der Waals surface area contributed by atoms with E-state index in [1.165, 1.54) is 0 Å². The number of nitrogens with zero attached hydrogens (tertiary/aromatic N) is 2. The fourth-order valence-corrected chi connectivity index (χ4v) is 0.920. The molecule has 0 fully saturated rings. The summed E-state index contributed by atoms with van der Waals surface area (Å²) in [6.07, 6.45) is 2.21. The molecule has 2 rings (SSSR count). The van der Waals surface area contributed by atoms with Gasteiger partial charge in [-0.25, -0.2) is 0 Å². The molecule has 1 aromatic carbocycles. The van der Waals surface area contributed by atoms with Crippen molar-refractivity contribution in [3.8, 4) is 17.1 Å². The van der Waals surface area contributed by atoms with Gasteiger partial charge in [-0.2, -0.15) is 4.98 Å². The average Bonchev–Trinajstić information content (AvgIpc) is 2.57. The van der Waals surface area contributed by atoms with Gasteiger partial charge in [-0.05, 0) is 12.1 Å². The van der Waals surface area contributed by atoms with E-state index in [4.69, 9.17) is 0 Å². The lowest BCUT2D eigenvalue weighted by Gasteiger charge is -1.96. The molecule has 0 bridgehead atoms. The third kappa shape index (κ3) is 1.03. The van der Waals surface area contributed by atoms with E-state index in [9.17, 15) is 5.11 Å². The maximum absolute atomic E-state index is 9.35. The molecule has 1 aromatic heterocycles. The van der Waals surface area contributed by atoms with Crippen LogP contribution in [-0.2, 0) is 0 Å². The molecule has 2 aromatic rings. The van der Waals surface area contributed by atoms with E-state index in [0.29, 0.717) is 11.4 Å². The molecule has 0 aliphatic heterocycles. The molecule has 0 unspecified atom stereocenters. The van der Waals surface area contributed by atoms with Gasteiger partial charge in [0.15, 0.2) is 0 Å². The minimum absolute atomic E-state index is 0.132. The van der Waals surface area contributed by atoms with E-state index in [-0.39, 0.29) is 5.75 Å². The summed E-state index contributed by atoms with van der Waals surface area (Å²) in [7, 11) is 0. The number of benzene rings is 1. The van der Waals surface area contributed by atoms with Crippen molar-refractivity contribution in [1.82, 2.24) is 10.1 Å². The first-order valence-electron chi connectivity index (χ1n) is 3.36. The van der Waals surface area contributed by atoms with Crippen molar-refractivity contribution in [2.24, 2.45) is 0 Å². The lowest BCUT2D eigenvalue weighted by molar-refractivity contribution is 0.410. The molecule has 4 heteroatoms. The Labute approximate surface area is 68.5 Å². The molecule has 0 aliphatic carbocycles. The monoisotopic (exact) mass is 161 g/mol. The van der Waals surface area contributed by atoms with Crippen LogP contribution in [0.2, 0.25) is 0 Å². The van der Waals surface area contributed by atoms with Gasteiger partial charge >= 0.3 is 6.39 Å². The van der Waals surface area contributed by atoms with Gasteiger partial charge in [0.1, 0.15) is 5.75 Å². The highest BCUT2D eigenvalue weighted by Crippen LogP contribution is 2.24. The lowest BCUT2D eigenvalue weighted by atomic mass is 10.2. The molecule has 4 nitrogen and oxygen atoms in total. The third-order valence-corrected chi connectivity index (χ3v) is 1.47. The van der Waals surface area contributed by atoms with Crippen LogP contribution in [-0.4, -0.2) is 15.2 Å². The molecular weight excluding hydrogens is 156 g/mol. The van der Waals surface area contributed by atoms with Crippen LogP contribution in [0.3, 0.4) is 0 Å². The molecule has 0 saturated carbocycles. The minimum Gasteiger partial charge on any atom is -0.507 e.